The Hall–Kier alpha value is -3.10. The molecule has 0 radical (unpaired) electrons. The minimum atomic E-state index is -0.595. The fraction of sp³-hybridized carbons (Fsp3) is 0.176. The van der Waals surface area contributed by atoms with Crippen molar-refractivity contribution in [1.29, 1.82) is 0 Å². The van der Waals surface area contributed by atoms with Crippen molar-refractivity contribution in [2.75, 3.05) is 13.2 Å². The number of allylic oxidation sites excluding steroid dienone is 1. The first-order valence-corrected chi connectivity index (χ1v) is 7.24. The lowest BCUT2D eigenvalue weighted by Crippen LogP contribution is -2.32. The van der Waals surface area contributed by atoms with Crippen LogP contribution in [0.15, 0.2) is 50.1 Å². The fourth-order valence-corrected chi connectivity index (χ4v) is 1.61. The maximum Gasteiger partial charge on any atom is 0.269 e. The van der Waals surface area contributed by atoms with Crippen LogP contribution in [0.2, 0.25) is 0 Å². The van der Waals surface area contributed by atoms with E-state index in [0.717, 1.165) is 0 Å². The van der Waals surface area contributed by atoms with Crippen LogP contribution in [0.25, 0.3) is 0 Å². The number of carbonyl (C=O) groups excluding carboxylic acids is 2. The summed E-state index contributed by atoms with van der Waals surface area (Å²) in [5.74, 6) is 9.39. The Kier molecular flexibility index (Phi) is 10.8. The molecule has 0 aromatic heterocycles. The molecular formula is C17H24N4O4. The summed E-state index contributed by atoms with van der Waals surface area (Å²) in [7, 11) is 0. The predicted octanol–water partition coefficient (Wildman–Crippen LogP) is 1.22. The van der Waals surface area contributed by atoms with Crippen LogP contribution in [-0.2, 0) is 0 Å². The summed E-state index contributed by atoms with van der Waals surface area (Å²) >= 11 is 0. The molecule has 2 amide bonds. The predicted molar refractivity (Wildman–Crippen MR) is 97.0 cm³/mol. The standard InChI is InChI=1S/C14H18N4O4.C3H6/c1-3-5-21-11-7-10(14(20)18-16)12(22-6-4-2)8-9(11)13(19)17-15;1-3-2/h3-4,7-8H,1-2,5-6,15-16H2,(H,17,19)(H,18,20);3H,1H2,2H3. The van der Waals surface area contributed by atoms with Gasteiger partial charge in [0.1, 0.15) is 24.7 Å². The van der Waals surface area contributed by atoms with E-state index in [9.17, 15) is 9.59 Å². The number of hydrogen-bond acceptors (Lipinski definition) is 6. The minimum absolute atomic E-state index is 0.108. The number of nitrogens with one attached hydrogen (secondary N) is 2. The largest absolute Gasteiger partial charge is 0.489 e. The second kappa shape index (κ2) is 12.3. The van der Waals surface area contributed by atoms with Crippen molar-refractivity contribution in [3.8, 4) is 11.5 Å². The van der Waals surface area contributed by atoms with E-state index in [0.29, 0.717) is 0 Å². The highest BCUT2D eigenvalue weighted by molar-refractivity contribution is 6.02. The molecular weight excluding hydrogens is 324 g/mol. The van der Waals surface area contributed by atoms with Crippen LogP contribution in [0.3, 0.4) is 0 Å². The zero-order valence-corrected chi connectivity index (χ0v) is 14.2. The molecule has 25 heavy (non-hydrogen) atoms. The van der Waals surface area contributed by atoms with Crippen LogP contribution in [0.4, 0.5) is 0 Å². The van der Waals surface area contributed by atoms with Gasteiger partial charge in [0.15, 0.2) is 0 Å². The van der Waals surface area contributed by atoms with Crippen molar-refractivity contribution >= 4 is 11.8 Å². The molecule has 0 spiro atoms. The van der Waals surface area contributed by atoms with E-state index in [4.69, 9.17) is 21.2 Å². The maximum atomic E-state index is 11.8. The lowest BCUT2D eigenvalue weighted by molar-refractivity contribution is 0.0935. The summed E-state index contributed by atoms with van der Waals surface area (Å²) in [5, 5.41) is 0. The van der Waals surface area contributed by atoms with E-state index in [1.807, 2.05) is 17.8 Å². The molecule has 0 aliphatic heterocycles. The van der Waals surface area contributed by atoms with Crippen molar-refractivity contribution in [3.05, 3.63) is 61.2 Å². The van der Waals surface area contributed by atoms with Gasteiger partial charge in [0.05, 0.1) is 11.1 Å². The van der Waals surface area contributed by atoms with Gasteiger partial charge < -0.3 is 9.47 Å². The molecule has 0 bridgehead atoms. The van der Waals surface area contributed by atoms with Gasteiger partial charge in [0.2, 0.25) is 0 Å². The molecule has 0 aliphatic rings. The zero-order chi connectivity index (χ0) is 19.2. The van der Waals surface area contributed by atoms with Crippen molar-refractivity contribution in [3.63, 3.8) is 0 Å². The number of carbonyl (C=O) groups is 2. The smallest absolute Gasteiger partial charge is 0.269 e. The van der Waals surface area contributed by atoms with Gasteiger partial charge in [-0.05, 0) is 19.1 Å². The number of amides is 2. The highest BCUT2D eigenvalue weighted by Gasteiger charge is 2.20. The van der Waals surface area contributed by atoms with Crippen LogP contribution in [0, 0.1) is 0 Å². The number of nitrogens with two attached hydrogens (primary N) is 2. The summed E-state index contributed by atoms with van der Waals surface area (Å²) in [6.07, 6.45) is 4.74. The normalized spacial score (nSPS) is 8.92. The maximum absolute atomic E-state index is 11.8. The summed E-state index contributed by atoms with van der Waals surface area (Å²) in [4.78, 5) is 23.7. The first kappa shape index (κ1) is 21.9. The first-order chi connectivity index (χ1) is 12.0. The molecule has 0 atom stereocenters. The monoisotopic (exact) mass is 348 g/mol. The van der Waals surface area contributed by atoms with Crippen LogP contribution >= 0.6 is 0 Å². The second-order valence-electron chi connectivity index (χ2n) is 4.40. The van der Waals surface area contributed by atoms with Gasteiger partial charge in [-0.2, -0.15) is 0 Å². The number of rotatable bonds is 8. The number of hydrazine groups is 2. The highest BCUT2D eigenvalue weighted by Crippen LogP contribution is 2.29. The van der Waals surface area contributed by atoms with Crippen LogP contribution in [0.5, 0.6) is 11.5 Å². The van der Waals surface area contributed by atoms with Gasteiger partial charge >= 0.3 is 0 Å². The lowest BCUT2D eigenvalue weighted by Gasteiger charge is -2.15. The van der Waals surface area contributed by atoms with Crippen molar-refractivity contribution in [2.45, 2.75) is 6.92 Å². The average molecular weight is 348 g/mol. The summed E-state index contributed by atoms with van der Waals surface area (Å²) in [5.41, 5.74) is 4.21. The number of nitrogen functional groups attached to an aromatic ring is 2. The molecule has 0 unspecified atom stereocenters. The lowest BCUT2D eigenvalue weighted by atomic mass is 10.1. The SMILES string of the molecule is C=CC.C=CCOc1cc(C(=O)NN)c(OCC=C)cc1C(=O)NN. The molecule has 6 N–H and O–H groups in total. The Balaban J connectivity index is 0.00000178. The highest BCUT2D eigenvalue weighted by atomic mass is 16.5. The molecule has 0 aliphatic carbocycles. The average Bonchev–Trinajstić information content (AvgIpc) is 2.63. The van der Waals surface area contributed by atoms with Gasteiger partial charge in [-0.1, -0.05) is 31.4 Å². The molecule has 1 aromatic carbocycles. The van der Waals surface area contributed by atoms with E-state index in [1.54, 1.807) is 6.08 Å². The summed E-state index contributed by atoms with van der Waals surface area (Å²) < 4.78 is 10.7. The van der Waals surface area contributed by atoms with Crippen molar-refractivity contribution in [1.82, 2.24) is 10.9 Å². The topological polar surface area (TPSA) is 129 Å². The molecule has 1 rings (SSSR count). The zero-order valence-electron chi connectivity index (χ0n) is 14.2. The Morgan fingerprint density at radius 1 is 0.960 bits per heavy atom. The van der Waals surface area contributed by atoms with Crippen LogP contribution in [0.1, 0.15) is 27.6 Å². The van der Waals surface area contributed by atoms with E-state index in [-0.39, 0.29) is 35.8 Å². The van der Waals surface area contributed by atoms with Crippen LogP contribution < -0.4 is 32.0 Å². The first-order valence-electron chi connectivity index (χ1n) is 7.24. The quantitative estimate of drug-likeness (QED) is 0.242. The van der Waals surface area contributed by atoms with Gasteiger partial charge in [0, 0.05) is 0 Å². The van der Waals surface area contributed by atoms with E-state index >= 15 is 0 Å². The van der Waals surface area contributed by atoms with Crippen molar-refractivity contribution < 1.29 is 19.1 Å². The molecule has 136 valence electrons. The van der Waals surface area contributed by atoms with E-state index in [1.165, 1.54) is 24.3 Å². The molecule has 0 heterocycles. The minimum Gasteiger partial charge on any atom is -0.489 e. The molecule has 8 nitrogen and oxygen atoms in total. The van der Waals surface area contributed by atoms with Gasteiger partial charge in [-0.25, -0.2) is 11.7 Å². The molecule has 0 fully saturated rings. The van der Waals surface area contributed by atoms with Gasteiger partial charge in [-0.15, -0.1) is 6.58 Å². The summed E-state index contributed by atoms with van der Waals surface area (Å²) in [6, 6.07) is 2.68. The fourth-order valence-electron chi connectivity index (χ4n) is 1.61. The molecule has 8 heteroatoms. The number of benzene rings is 1. The van der Waals surface area contributed by atoms with Gasteiger partial charge in [-0.3, -0.25) is 20.4 Å². The van der Waals surface area contributed by atoms with Crippen LogP contribution in [-0.4, -0.2) is 25.0 Å². The molecule has 0 saturated carbocycles. The number of ether oxygens (including phenoxy) is 2. The number of hydrogen-bond donors (Lipinski definition) is 4. The Morgan fingerprint density at radius 3 is 1.52 bits per heavy atom. The van der Waals surface area contributed by atoms with Gasteiger partial charge in [0.25, 0.3) is 11.8 Å². The Labute approximate surface area is 147 Å². The molecule has 0 saturated heterocycles. The third-order valence-electron chi connectivity index (χ3n) is 2.55. The third kappa shape index (κ3) is 6.90. The van der Waals surface area contributed by atoms with Crippen molar-refractivity contribution in [2.24, 2.45) is 11.7 Å². The Morgan fingerprint density at radius 2 is 1.28 bits per heavy atom. The van der Waals surface area contributed by atoms with E-state index < -0.39 is 11.8 Å². The molecule has 1 aromatic rings. The second-order valence-corrected chi connectivity index (χ2v) is 4.40. The third-order valence-corrected chi connectivity index (χ3v) is 2.55. The van der Waals surface area contributed by atoms with E-state index in [2.05, 4.69) is 19.7 Å². The Bertz CT molecular complexity index is 578. The summed E-state index contributed by atoms with van der Waals surface area (Å²) in [6.45, 7) is 12.6.